The van der Waals surface area contributed by atoms with Crippen LogP contribution < -0.4 is 19.7 Å². The fourth-order valence-electron chi connectivity index (χ4n) is 5.01. The maximum absolute atomic E-state index is 13.7. The van der Waals surface area contributed by atoms with Crippen molar-refractivity contribution < 1.29 is 28.2 Å². The van der Waals surface area contributed by atoms with E-state index in [1.54, 1.807) is 18.2 Å². The Morgan fingerprint density at radius 1 is 1.05 bits per heavy atom. The van der Waals surface area contributed by atoms with Crippen LogP contribution in [0.2, 0.25) is 0 Å². The smallest absolute Gasteiger partial charge is 0.335 e. The summed E-state index contributed by atoms with van der Waals surface area (Å²) in [5.41, 5.74) is 3.72. The molecular weight excluding hydrogens is 501 g/mol. The van der Waals surface area contributed by atoms with Crippen molar-refractivity contribution in [2.45, 2.75) is 39.3 Å². The van der Waals surface area contributed by atoms with Crippen molar-refractivity contribution in [3.8, 4) is 22.6 Å². The van der Waals surface area contributed by atoms with Crippen molar-refractivity contribution in [3.63, 3.8) is 0 Å². The number of oxazole rings is 1. The van der Waals surface area contributed by atoms with Gasteiger partial charge in [-0.2, -0.15) is 4.98 Å². The third-order valence-corrected chi connectivity index (χ3v) is 6.83. The molecule has 8 nitrogen and oxygen atoms in total. The van der Waals surface area contributed by atoms with Crippen LogP contribution in [0.3, 0.4) is 0 Å². The summed E-state index contributed by atoms with van der Waals surface area (Å²) in [5, 5.41) is 12.8. The number of aromatic nitrogens is 1. The Bertz CT molecular complexity index is 1420. The van der Waals surface area contributed by atoms with E-state index in [-0.39, 0.29) is 17.4 Å². The van der Waals surface area contributed by atoms with E-state index in [9.17, 15) is 14.3 Å². The Balaban J connectivity index is 1.57. The van der Waals surface area contributed by atoms with Gasteiger partial charge in [0.15, 0.2) is 5.58 Å². The molecule has 1 fully saturated rings. The van der Waals surface area contributed by atoms with Crippen molar-refractivity contribution >= 4 is 23.1 Å². The molecule has 0 spiro atoms. The predicted octanol–water partition coefficient (Wildman–Crippen LogP) is 5.89. The number of fused-ring (bicyclic) bond motifs is 1. The van der Waals surface area contributed by atoms with Crippen LogP contribution in [0.15, 0.2) is 59.0 Å². The Labute approximate surface area is 226 Å². The summed E-state index contributed by atoms with van der Waals surface area (Å²) in [6.45, 7) is 6.99. The Kier molecular flexibility index (Phi) is 7.97. The lowest BCUT2D eigenvalue weighted by atomic mass is 9.99. The van der Waals surface area contributed by atoms with Crippen molar-refractivity contribution in [2.75, 3.05) is 31.2 Å². The summed E-state index contributed by atoms with van der Waals surface area (Å²) in [5.74, 6) is -0.0134. The number of carboxylic acids is 1. The Hall–Kier alpha value is -4.11. The van der Waals surface area contributed by atoms with Gasteiger partial charge in [-0.3, -0.25) is 0 Å². The molecule has 0 bridgehead atoms. The average molecular weight is 534 g/mol. The first-order valence-corrected chi connectivity index (χ1v) is 13.3. The molecule has 2 N–H and O–H groups in total. The highest BCUT2D eigenvalue weighted by molar-refractivity contribution is 5.92. The number of hydrogen-bond donors (Lipinski definition) is 2. The summed E-state index contributed by atoms with van der Waals surface area (Å²) in [6.07, 6.45) is 1.81. The van der Waals surface area contributed by atoms with E-state index in [4.69, 9.17) is 18.9 Å². The molecule has 1 aliphatic rings. The molecule has 39 heavy (non-hydrogen) atoms. The van der Waals surface area contributed by atoms with Crippen LogP contribution in [0.5, 0.6) is 11.5 Å². The molecule has 0 radical (unpaired) electrons. The lowest BCUT2D eigenvalue weighted by Gasteiger charge is -2.34. The minimum Gasteiger partial charge on any atom is -0.493 e. The standard InChI is InChI=1S/C30H32FN3O5/c1-3-37-26-15-19(16-27(38-4-2)28(26)20-5-8-22(31)9-6-20)18-34(23-11-13-32-14-12-23)30-33-24-17-21(29(35)36)7-10-25(24)39-30/h5-10,15-17,23,32H,3-4,11-14,18H2,1-2H3,(H,35,36). The number of halogens is 1. The van der Waals surface area contributed by atoms with Gasteiger partial charge >= 0.3 is 5.97 Å². The van der Waals surface area contributed by atoms with Gasteiger partial charge in [-0.1, -0.05) is 12.1 Å². The third-order valence-electron chi connectivity index (χ3n) is 6.83. The van der Waals surface area contributed by atoms with Gasteiger partial charge in [0.2, 0.25) is 0 Å². The maximum Gasteiger partial charge on any atom is 0.335 e. The van der Waals surface area contributed by atoms with Crippen molar-refractivity contribution in [2.24, 2.45) is 0 Å². The molecule has 0 unspecified atom stereocenters. The fraction of sp³-hybridized carbons (Fsp3) is 0.333. The van der Waals surface area contributed by atoms with Crippen LogP contribution in [0.4, 0.5) is 10.4 Å². The quantitative estimate of drug-likeness (QED) is 0.261. The molecule has 0 atom stereocenters. The number of aromatic carboxylic acids is 1. The first kappa shape index (κ1) is 26.5. The van der Waals surface area contributed by atoms with E-state index in [1.165, 1.54) is 24.3 Å². The van der Waals surface area contributed by atoms with Gasteiger partial charge in [0.05, 0.1) is 24.3 Å². The number of hydrogen-bond acceptors (Lipinski definition) is 7. The van der Waals surface area contributed by atoms with Gasteiger partial charge in [-0.15, -0.1) is 0 Å². The van der Waals surface area contributed by atoms with Gasteiger partial charge in [-0.25, -0.2) is 9.18 Å². The first-order chi connectivity index (χ1) is 19.0. The number of piperidine rings is 1. The summed E-state index contributed by atoms with van der Waals surface area (Å²) < 4.78 is 32.0. The lowest BCUT2D eigenvalue weighted by molar-refractivity contribution is 0.0697. The van der Waals surface area contributed by atoms with E-state index < -0.39 is 5.97 Å². The molecule has 2 heterocycles. The lowest BCUT2D eigenvalue weighted by Crippen LogP contribution is -2.43. The number of carbonyl (C=O) groups is 1. The molecule has 5 rings (SSSR count). The zero-order chi connectivity index (χ0) is 27.4. The molecule has 9 heteroatoms. The summed E-state index contributed by atoms with van der Waals surface area (Å²) in [6, 6.07) is 15.6. The molecule has 4 aromatic rings. The minimum atomic E-state index is -1.01. The number of nitrogens with zero attached hydrogens (tertiary/aromatic N) is 2. The van der Waals surface area contributed by atoms with Gasteiger partial charge in [0.1, 0.15) is 22.8 Å². The Morgan fingerprint density at radius 2 is 1.72 bits per heavy atom. The zero-order valence-electron chi connectivity index (χ0n) is 22.1. The monoisotopic (exact) mass is 533 g/mol. The number of carboxylic acid groups (broad SMARTS) is 1. The number of nitrogens with one attached hydrogen (secondary N) is 1. The topological polar surface area (TPSA) is 97.1 Å². The van der Waals surface area contributed by atoms with Crippen LogP contribution in [0.25, 0.3) is 22.2 Å². The highest BCUT2D eigenvalue weighted by atomic mass is 19.1. The maximum atomic E-state index is 13.7. The largest absolute Gasteiger partial charge is 0.493 e. The molecule has 0 saturated carbocycles. The van der Waals surface area contributed by atoms with Crippen LogP contribution >= 0.6 is 0 Å². The van der Waals surface area contributed by atoms with Gasteiger partial charge in [0.25, 0.3) is 6.01 Å². The van der Waals surface area contributed by atoms with Crippen molar-refractivity contribution in [3.05, 3.63) is 71.5 Å². The summed E-state index contributed by atoms with van der Waals surface area (Å²) in [7, 11) is 0. The molecule has 0 aliphatic carbocycles. The highest BCUT2D eigenvalue weighted by Crippen LogP contribution is 2.41. The molecule has 1 aromatic heterocycles. The van der Waals surface area contributed by atoms with Gasteiger partial charge in [0, 0.05) is 12.6 Å². The molecular formula is C30H32FN3O5. The van der Waals surface area contributed by atoms with Crippen LogP contribution in [-0.4, -0.2) is 48.4 Å². The van der Waals surface area contributed by atoms with E-state index in [2.05, 4.69) is 10.2 Å². The van der Waals surface area contributed by atoms with Crippen molar-refractivity contribution in [1.82, 2.24) is 10.3 Å². The van der Waals surface area contributed by atoms with Gasteiger partial charge in [-0.05, 0) is 93.4 Å². The van der Waals surface area contributed by atoms with E-state index in [1.807, 2.05) is 26.0 Å². The highest BCUT2D eigenvalue weighted by Gasteiger charge is 2.27. The predicted molar refractivity (Wildman–Crippen MR) is 147 cm³/mol. The first-order valence-electron chi connectivity index (χ1n) is 13.3. The van der Waals surface area contributed by atoms with Gasteiger partial charge < -0.3 is 29.2 Å². The fourth-order valence-corrected chi connectivity index (χ4v) is 5.01. The second kappa shape index (κ2) is 11.7. The molecule has 1 aliphatic heterocycles. The number of benzene rings is 3. The zero-order valence-corrected chi connectivity index (χ0v) is 22.1. The number of anilines is 1. The summed E-state index contributed by atoms with van der Waals surface area (Å²) >= 11 is 0. The number of ether oxygens (including phenoxy) is 2. The summed E-state index contributed by atoms with van der Waals surface area (Å²) in [4.78, 5) is 18.3. The molecule has 204 valence electrons. The van der Waals surface area contributed by atoms with E-state index in [0.29, 0.717) is 48.4 Å². The molecule has 1 saturated heterocycles. The minimum absolute atomic E-state index is 0.162. The van der Waals surface area contributed by atoms with E-state index >= 15 is 0 Å². The molecule has 3 aromatic carbocycles. The third kappa shape index (κ3) is 5.83. The second-order valence-corrected chi connectivity index (χ2v) is 9.43. The molecule has 0 amide bonds. The van der Waals surface area contributed by atoms with Crippen LogP contribution in [-0.2, 0) is 6.54 Å². The Morgan fingerprint density at radius 3 is 2.33 bits per heavy atom. The normalized spacial score (nSPS) is 13.9. The SMILES string of the molecule is CCOc1cc(CN(c2nc3cc(C(=O)O)ccc3o2)C2CCNCC2)cc(OCC)c1-c1ccc(F)cc1. The van der Waals surface area contributed by atoms with Crippen LogP contribution in [0, 0.1) is 5.82 Å². The van der Waals surface area contributed by atoms with E-state index in [0.717, 1.165) is 42.6 Å². The van der Waals surface area contributed by atoms with Crippen LogP contribution in [0.1, 0.15) is 42.6 Å². The average Bonchev–Trinajstić information content (AvgIpc) is 3.36. The number of rotatable bonds is 10. The van der Waals surface area contributed by atoms with Crippen molar-refractivity contribution in [1.29, 1.82) is 0 Å². The second-order valence-electron chi connectivity index (χ2n) is 9.43.